The summed E-state index contributed by atoms with van der Waals surface area (Å²) in [5.74, 6) is 0.385. The average Bonchev–Trinajstić information content (AvgIpc) is 2.83. The third-order valence-corrected chi connectivity index (χ3v) is 6.08. The molecule has 0 amide bonds. The van der Waals surface area contributed by atoms with Gasteiger partial charge in [0.1, 0.15) is 11.6 Å². The number of halogens is 1. The van der Waals surface area contributed by atoms with Crippen LogP contribution in [-0.2, 0) is 6.42 Å². The second-order valence-corrected chi connectivity index (χ2v) is 8.63. The van der Waals surface area contributed by atoms with Crippen LogP contribution in [-0.4, -0.2) is 58.9 Å². The van der Waals surface area contributed by atoms with E-state index in [4.69, 9.17) is 5.73 Å². The zero-order valence-electron chi connectivity index (χ0n) is 18.9. The Bertz CT molecular complexity index is 1350. The van der Waals surface area contributed by atoms with Crippen molar-refractivity contribution in [2.75, 3.05) is 43.9 Å². The fourth-order valence-corrected chi connectivity index (χ4v) is 4.14. The van der Waals surface area contributed by atoms with Crippen molar-refractivity contribution in [1.82, 2.24) is 19.9 Å². The van der Waals surface area contributed by atoms with E-state index in [9.17, 15) is 9.18 Å². The molecular weight excluding hydrogens is 431 g/mol. The lowest BCUT2D eigenvalue weighted by atomic mass is 10.1. The first-order chi connectivity index (χ1) is 16.4. The van der Waals surface area contributed by atoms with Crippen molar-refractivity contribution in [2.45, 2.75) is 6.42 Å². The predicted molar refractivity (Wildman–Crippen MR) is 131 cm³/mol. The Morgan fingerprint density at radius 3 is 2.65 bits per heavy atom. The third kappa shape index (κ3) is 4.72. The fraction of sp³-hybridized carbons (Fsp3) is 0.231. The summed E-state index contributed by atoms with van der Waals surface area (Å²) in [7, 11) is 2.10. The van der Waals surface area contributed by atoms with Crippen LogP contribution in [0.3, 0.4) is 0 Å². The van der Waals surface area contributed by atoms with Crippen LogP contribution in [0, 0.1) is 5.82 Å². The molecule has 4 heterocycles. The number of aromatic nitrogens is 3. The maximum atomic E-state index is 13.8. The van der Waals surface area contributed by atoms with E-state index in [0.717, 1.165) is 37.4 Å². The Morgan fingerprint density at radius 2 is 1.85 bits per heavy atom. The number of nitrogens with zero attached hydrogens (tertiary/aromatic N) is 5. The molecule has 4 aromatic rings. The second-order valence-electron chi connectivity index (χ2n) is 8.63. The number of hydrogen-bond acceptors (Lipinski definition) is 7. The highest BCUT2D eigenvalue weighted by atomic mass is 19.1. The highest BCUT2D eigenvalue weighted by molar-refractivity contribution is 5.98. The molecule has 0 unspecified atom stereocenters. The van der Waals surface area contributed by atoms with Crippen LogP contribution in [0.5, 0.6) is 0 Å². The van der Waals surface area contributed by atoms with E-state index in [-0.39, 0.29) is 12.2 Å². The quantitative estimate of drug-likeness (QED) is 0.363. The van der Waals surface area contributed by atoms with Crippen molar-refractivity contribution in [3.63, 3.8) is 0 Å². The van der Waals surface area contributed by atoms with Crippen LogP contribution < -0.4 is 10.6 Å². The number of anilines is 2. The maximum Gasteiger partial charge on any atom is 0.169 e. The van der Waals surface area contributed by atoms with E-state index in [1.165, 1.54) is 12.1 Å². The van der Waals surface area contributed by atoms with Crippen molar-refractivity contribution in [1.29, 1.82) is 0 Å². The molecule has 34 heavy (non-hydrogen) atoms. The molecule has 0 spiro atoms. The van der Waals surface area contributed by atoms with Crippen LogP contribution in [0.25, 0.3) is 22.2 Å². The first kappa shape index (κ1) is 21.9. The van der Waals surface area contributed by atoms with Crippen molar-refractivity contribution in [2.24, 2.45) is 0 Å². The predicted octanol–water partition coefficient (Wildman–Crippen LogP) is 3.59. The van der Waals surface area contributed by atoms with Crippen molar-refractivity contribution in [3.05, 3.63) is 78.0 Å². The number of pyridine rings is 3. The summed E-state index contributed by atoms with van der Waals surface area (Å²) in [6, 6.07) is 13.5. The molecule has 1 saturated heterocycles. The second kappa shape index (κ2) is 9.15. The molecule has 1 aromatic carbocycles. The molecule has 8 heteroatoms. The van der Waals surface area contributed by atoms with Gasteiger partial charge >= 0.3 is 0 Å². The van der Waals surface area contributed by atoms with Crippen molar-refractivity contribution in [3.8, 4) is 11.3 Å². The van der Waals surface area contributed by atoms with Gasteiger partial charge in [-0.15, -0.1) is 0 Å². The normalized spacial score (nSPS) is 14.5. The lowest BCUT2D eigenvalue weighted by molar-refractivity contribution is 0.0992. The summed E-state index contributed by atoms with van der Waals surface area (Å²) in [6.45, 7) is 3.72. The van der Waals surface area contributed by atoms with Crippen molar-refractivity contribution < 1.29 is 9.18 Å². The number of nitrogens with two attached hydrogens (primary N) is 1. The maximum absolute atomic E-state index is 13.8. The van der Waals surface area contributed by atoms with Gasteiger partial charge in [-0.1, -0.05) is 0 Å². The number of piperazine rings is 1. The topological polar surface area (TPSA) is 88.2 Å². The molecule has 0 atom stereocenters. The molecule has 0 saturated carbocycles. The van der Waals surface area contributed by atoms with Gasteiger partial charge in [0, 0.05) is 60.8 Å². The minimum absolute atomic E-state index is 0.0290. The van der Waals surface area contributed by atoms with Crippen LogP contribution in [0.1, 0.15) is 16.1 Å². The van der Waals surface area contributed by atoms with E-state index in [2.05, 4.69) is 31.8 Å². The number of nitrogen functional groups attached to an aromatic ring is 1. The van der Waals surface area contributed by atoms with E-state index in [1.807, 2.05) is 18.2 Å². The molecule has 0 bridgehead atoms. The molecule has 1 aliphatic heterocycles. The molecule has 2 N–H and O–H groups in total. The summed E-state index contributed by atoms with van der Waals surface area (Å²) in [6.07, 6.45) is 3.55. The van der Waals surface area contributed by atoms with Crippen LogP contribution in [0.15, 0.2) is 60.9 Å². The standard InChI is InChI=1S/C26H25FN6O/c1-32-6-8-33(9-7-32)26-12-17(4-5-29-26)25(34)15-22-14-24-18(16-30-22)2-3-23(31-24)19-10-20(27)13-21(28)11-19/h2-5,10-14,16H,6-9,15,28H2,1H3. The highest BCUT2D eigenvalue weighted by Gasteiger charge is 2.17. The lowest BCUT2D eigenvalue weighted by Gasteiger charge is -2.33. The van der Waals surface area contributed by atoms with Crippen LogP contribution in [0.2, 0.25) is 0 Å². The average molecular weight is 457 g/mol. The minimum Gasteiger partial charge on any atom is -0.399 e. The summed E-state index contributed by atoms with van der Waals surface area (Å²) in [5.41, 5.74) is 9.25. The molecule has 1 fully saturated rings. The smallest absolute Gasteiger partial charge is 0.169 e. The number of likely N-dealkylation sites (N-methyl/N-ethyl adjacent to an activating group) is 1. The Morgan fingerprint density at radius 1 is 1.03 bits per heavy atom. The molecule has 0 radical (unpaired) electrons. The first-order valence-corrected chi connectivity index (χ1v) is 11.2. The molecule has 172 valence electrons. The summed E-state index contributed by atoms with van der Waals surface area (Å²) >= 11 is 0. The van der Waals surface area contributed by atoms with E-state index >= 15 is 0 Å². The number of hydrogen-bond donors (Lipinski definition) is 1. The number of rotatable bonds is 5. The van der Waals surface area contributed by atoms with Crippen LogP contribution in [0.4, 0.5) is 15.9 Å². The SMILES string of the molecule is CN1CCN(c2cc(C(=O)Cc3cc4nc(-c5cc(N)cc(F)c5)ccc4cn3)ccn2)CC1. The molecule has 1 aliphatic rings. The number of carbonyl (C=O) groups is 1. The summed E-state index contributed by atoms with van der Waals surface area (Å²) < 4.78 is 13.8. The third-order valence-electron chi connectivity index (χ3n) is 6.08. The van der Waals surface area contributed by atoms with Gasteiger partial charge in [0.15, 0.2) is 5.78 Å². The van der Waals surface area contributed by atoms with Gasteiger partial charge < -0.3 is 15.5 Å². The van der Waals surface area contributed by atoms with E-state index in [1.54, 1.807) is 30.6 Å². The Balaban J connectivity index is 1.37. The molecule has 3 aromatic heterocycles. The number of benzene rings is 1. The first-order valence-electron chi connectivity index (χ1n) is 11.2. The summed E-state index contributed by atoms with van der Waals surface area (Å²) in [5, 5.41) is 0.839. The highest BCUT2D eigenvalue weighted by Crippen LogP contribution is 2.24. The zero-order chi connectivity index (χ0) is 23.7. The van der Waals surface area contributed by atoms with Gasteiger partial charge in [-0.2, -0.15) is 0 Å². The van der Waals surface area contributed by atoms with E-state index in [0.29, 0.717) is 33.7 Å². The van der Waals surface area contributed by atoms with Crippen LogP contribution >= 0.6 is 0 Å². The zero-order valence-corrected chi connectivity index (χ0v) is 18.9. The van der Waals surface area contributed by atoms with Gasteiger partial charge in [-0.05, 0) is 55.6 Å². The van der Waals surface area contributed by atoms with Gasteiger partial charge in [-0.25, -0.2) is 14.4 Å². The number of carbonyl (C=O) groups excluding carboxylic acids is 1. The van der Waals surface area contributed by atoms with E-state index < -0.39 is 5.82 Å². The van der Waals surface area contributed by atoms with Crippen molar-refractivity contribution >= 4 is 28.2 Å². The Labute approximate surface area is 197 Å². The summed E-state index contributed by atoms with van der Waals surface area (Å²) in [4.78, 5) is 31.1. The molecule has 5 rings (SSSR count). The Hall–Kier alpha value is -3.91. The minimum atomic E-state index is -0.411. The fourth-order valence-electron chi connectivity index (χ4n) is 4.14. The van der Waals surface area contributed by atoms with Gasteiger partial charge in [0.05, 0.1) is 23.3 Å². The van der Waals surface area contributed by atoms with Gasteiger partial charge in [0.2, 0.25) is 0 Å². The van der Waals surface area contributed by atoms with Gasteiger partial charge in [0.25, 0.3) is 0 Å². The monoisotopic (exact) mass is 456 g/mol. The molecule has 0 aliphatic carbocycles. The number of Topliss-reactive ketones (excluding diaryl/α,β-unsaturated/α-hetero) is 1. The van der Waals surface area contributed by atoms with Gasteiger partial charge in [-0.3, -0.25) is 9.78 Å². The number of ketones is 1. The molecular formula is C26H25FN6O. The number of fused-ring (bicyclic) bond motifs is 1. The Kier molecular flexibility index (Phi) is 5.90. The lowest BCUT2D eigenvalue weighted by Crippen LogP contribution is -2.44. The molecule has 7 nitrogen and oxygen atoms in total. The largest absolute Gasteiger partial charge is 0.399 e.